The summed E-state index contributed by atoms with van der Waals surface area (Å²) in [5.41, 5.74) is 2.87. The van der Waals surface area contributed by atoms with Crippen LogP contribution in [0.3, 0.4) is 0 Å². The topological polar surface area (TPSA) is 82.1 Å². The summed E-state index contributed by atoms with van der Waals surface area (Å²) in [7, 11) is 1.30. The Balaban J connectivity index is 1.70. The second-order valence-electron chi connectivity index (χ2n) is 7.77. The number of fused-ring (bicyclic) bond motifs is 2. The second-order valence-corrected chi connectivity index (χ2v) is 7.77. The van der Waals surface area contributed by atoms with Crippen molar-refractivity contribution in [3.63, 3.8) is 0 Å². The zero-order valence-electron chi connectivity index (χ0n) is 17.6. The molecule has 0 radical (unpaired) electrons. The van der Waals surface area contributed by atoms with Gasteiger partial charge in [0.25, 0.3) is 0 Å². The molecule has 3 aromatic rings. The molecule has 30 heavy (non-hydrogen) atoms. The maximum absolute atomic E-state index is 12.5. The van der Waals surface area contributed by atoms with Crippen LogP contribution in [0.4, 0.5) is 0 Å². The number of hydrogen-bond acceptors (Lipinski definition) is 7. The third-order valence-corrected chi connectivity index (χ3v) is 5.83. The van der Waals surface area contributed by atoms with Crippen molar-refractivity contribution >= 4 is 16.9 Å². The van der Waals surface area contributed by atoms with Crippen LogP contribution in [0.2, 0.25) is 0 Å². The van der Waals surface area contributed by atoms with E-state index in [1.54, 1.807) is 6.26 Å². The predicted octanol–water partition coefficient (Wildman–Crippen LogP) is 3.50. The molecular weight excluding hydrogens is 386 g/mol. The van der Waals surface area contributed by atoms with Crippen LogP contribution < -0.4 is 10.4 Å². The highest BCUT2D eigenvalue weighted by molar-refractivity contribution is 5.88. The Morgan fingerprint density at radius 1 is 1.30 bits per heavy atom. The van der Waals surface area contributed by atoms with Crippen LogP contribution in [0.15, 0.2) is 38.1 Å². The Bertz CT molecular complexity index is 1140. The van der Waals surface area contributed by atoms with Crippen LogP contribution >= 0.6 is 0 Å². The molecule has 0 fully saturated rings. The highest BCUT2D eigenvalue weighted by atomic mass is 16.5. The number of aryl methyl sites for hydroxylation is 2. The molecule has 1 aromatic carbocycles. The lowest BCUT2D eigenvalue weighted by Crippen LogP contribution is -2.40. The predicted molar refractivity (Wildman–Crippen MR) is 111 cm³/mol. The van der Waals surface area contributed by atoms with Gasteiger partial charge in [-0.25, -0.2) is 4.79 Å². The molecule has 0 bridgehead atoms. The Labute approximate surface area is 174 Å². The van der Waals surface area contributed by atoms with Gasteiger partial charge in [0.2, 0.25) is 0 Å². The Hall–Kier alpha value is -3.06. The van der Waals surface area contributed by atoms with E-state index in [2.05, 4.69) is 11.8 Å². The number of rotatable bonds is 5. The number of nitrogens with zero attached hydrogens (tertiary/aromatic N) is 1. The SMILES string of the molecule is COC(=O)Cc1c(C)c2cc3c(c(C)c2oc1=O)OCN([C@@H](C)Cc1ccco1)C3. The molecule has 0 aliphatic carbocycles. The summed E-state index contributed by atoms with van der Waals surface area (Å²) in [5, 5.41) is 0.814. The van der Waals surface area contributed by atoms with E-state index in [1.807, 2.05) is 32.0 Å². The van der Waals surface area contributed by atoms with Crippen LogP contribution in [0.25, 0.3) is 11.0 Å². The number of furan rings is 1. The minimum absolute atomic E-state index is 0.112. The van der Waals surface area contributed by atoms with Crippen molar-refractivity contribution in [2.75, 3.05) is 13.8 Å². The van der Waals surface area contributed by atoms with E-state index in [9.17, 15) is 9.59 Å². The van der Waals surface area contributed by atoms with Crippen molar-refractivity contribution < 1.29 is 23.1 Å². The first-order valence-electron chi connectivity index (χ1n) is 9.93. The van der Waals surface area contributed by atoms with Gasteiger partial charge >= 0.3 is 11.6 Å². The summed E-state index contributed by atoms with van der Waals surface area (Å²) in [6.45, 7) is 7.03. The average molecular weight is 411 g/mol. The van der Waals surface area contributed by atoms with Crippen molar-refractivity contribution in [3.8, 4) is 5.75 Å². The van der Waals surface area contributed by atoms with Crippen LogP contribution in [-0.4, -0.2) is 30.8 Å². The van der Waals surface area contributed by atoms with Crippen LogP contribution in [0, 0.1) is 13.8 Å². The van der Waals surface area contributed by atoms with E-state index in [1.165, 1.54) is 7.11 Å². The van der Waals surface area contributed by atoms with Crippen molar-refractivity contribution in [1.29, 1.82) is 0 Å². The third kappa shape index (κ3) is 3.61. The second kappa shape index (κ2) is 7.99. The summed E-state index contributed by atoms with van der Waals surface area (Å²) < 4.78 is 21.9. The van der Waals surface area contributed by atoms with Gasteiger partial charge in [0.05, 0.1) is 25.4 Å². The zero-order valence-corrected chi connectivity index (χ0v) is 17.6. The van der Waals surface area contributed by atoms with E-state index in [0.29, 0.717) is 24.4 Å². The van der Waals surface area contributed by atoms with Gasteiger partial charge in [-0.15, -0.1) is 0 Å². The average Bonchev–Trinajstić information content (AvgIpc) is 3.24. The van der Waals surface area contributed by atoms with Gasteiger partial charge in [0.1, 0.15) is 23.8 Å². The summed E-state index contributed by atoms with van der Waals surface area (Å²) in [6.07, 6.45) is 2.36. The Morgan fingerprint density at radius 3 is 2.80 bits per heavy atom. The molecule has 0 saturated heterocycles. The fourth-order valence-corrected chi connectivity index (χ4v) is 4.01. The first-order chi connectivity index (χ1) is 14.4. The Kier molecular flexibility index (Phi) is 5.39. The summed E-state index contributed by atoms with van der Waals surface area (Å²) >= 11 is 0. The molecule has 1 aliphatic heterocycles. The van der Waals surface area contributed by atoms with E-state index in [-0.39, 0.29) is 12.5 Å². The lowest BCUT2D eigenvalue weighted by molar-refractivity contribution is -0.139. The minimum atomic E-state index is -0.516. The summed E-state index contributed by atoms with van der Waals surface area (Å²) in [5.74, 6) is 1.22. The van der Waals surface area contributed by atoms with Gasteiger partial charge in [0, 0.05) is 35.5 Å². The number of carbonyl (C=O) groups excluding carboxylic acids is 1. The van der Waals surface area contributed by atoms with Gasteiger partial charge in [-0.1, -0.05) is 0 Å². The molecule has 7 nitrogen and oxygen atoms in total. The third-order valence-electron chi connectivity index (χ3n) is 5.83. The molecule has 3 heterocycles. The number of esters is 1. The minimum Gasteiger partial charge on any atom is -0.477 e. The fraction of sp³-hybridized carbons (Fsp3) is 0.391. The van der Waals surface area contributed by atoms with Gasteiger partial charge in [-0.2, -0.15) is 0 Å². The normalized spacial score (nSPS) is 14.9. The molecule has 2 aromatic heterocycles. The van der Waals surface area contributed by atoms with E-state index in [4.69, 9.17) is 18.3 Å². The lowest BCUT2D eigenvalue weighted by atomic mass is 9.97. The van der Waals surface area contributed by atoms with Gasteiger partial charge in [-0.05, 0) is 44.5 Å². The van der Waals surface area contributed by atoms with Crippen molar-refractivity contribution in [3.05, 3.63) is 62.9 Å². The smallest absolute Gasteiger partial charge is 0.340 e. The van der Waals surface area contributed by atoms with Crippen LogP contribution in [0.5, 0.6) is 5.75 Å². The molecule has 0 N–H and O–H groups in total. The number of ether oxygens (including phenoxy) is 2. The van der Waals surface area contributed by atoms with Crippen LogP contribution in [-0.2, 0) is 28.9 Å². The number of carbonyl (C=O) groups is 1. The standard InChI is InChI=1S/C23H25NO6/c1-13(8-17-6-5-7-28-17)24-11-16-9-18-14(2)19(10-20(25)27-4)23(26)30-22(18)15(3)21(16)29-12-24/h5-7,9,13H,8,10-12H2,1-4H3/t13-/m0/s1. The maximum Gasteiger partial charge on any atom is 0.340 e. The quantitative estimate of drug-likeness (QED) is 0.469. The molecule has 0 amide bonds. The molecule has 7 heteroatoms. The molecule has 0 saturated carbocycles. The number of benzene rings is 1. The fourth-order valence-electron chi connectivity index (χ4n) is 4.01. The Morgan fingerprint density at radius 2 is 2.10 bits per heavy atom. The van der Waals surface area contributed by atoms with Crippen molar-refractivity contribution in [2.45, 2.75) is 46.2 Å². The van der Waals surface area contributed by atoms with Gasteiger partial charge in [-0.3, -0.25) is 9.69 Å². The maximum atomic E-state index is 12.5. The van der Waals surface area contributed by atoms with E-state index >= 15 is 0 Å². The van der Waals surface area contributed by atoms with E-state index < -0.39 is 11.6 Å². The molecule has 158 valence electrons. The summed E-state index contributed by atoms with van der Waals surface area (Å²) in [6, 6.07) is 6.09. The lowest BCUT2D eigenvalue weighted by Gasteiger charge is -2.34. The molecular formula is C23H25NO6. The first-order valence-corrected chi connectivity index (χ1v) is 9.93. The van der Waals surface area contributed by atoms with Gasteiger partial charge < -0.3 is 18.3 Å². The first kappa shape index (κ1) is 20.2. The molecule has 0 spiro atoms. The molecule has 0 unspecified atom stereocenters. The van der Waals surface area contributed by atoms with Crippen molar-refractivity contribution in [2.24, 2.45) is 0 Å². The zero-order chi connectivity index (χ0) is 21.4. The number of hydrogen-bond donors (Lipinski definition) is 0. The molecule has 4 rings (SSSR count). The highest BCUT2D eigenvalue weighted by Gasteiger charge is 2.27. The van der Waals surface area contributed by atoms with E-state index in [0.717, 1.165) is 40.0 Å². The number of methoxy groups -OCH3 is 1. The highest BCUT2D eigenvalue weighted by Crippen LogP contribution is 2.36. The summed E-state index contributed by atoms with van der Waals surface area (Å²) in [4.78, 5) is 26.5. The molecule has 1 aliphatic rings. The van der Waals surface area contributed by atoms with Crippen LogP contribution in [0.1, 0.15) is 34.9 Å². The molecule has 1 atom stereocenters. The monoisotopic (exact) mass is 411 g/mol. The van der Waals surface area contributed by atoms with Gasteiger partial charge in [0.15, 0.2) is 0 Å². The largest absolute Gasteiger partial charge is 0.477 e. The van der Waals surface area contributed by atoms with Crippen molar-refractivity contribution in [1.82, 2.24) is 4.90 Å².